The second-order valence-electron chi connectivity index (χ2n) is 5.48. The number of anilines is 2. The molecule has 1 aromatic carbocycles. The zero-order valence-corrected chi connectivity index (χ0v) is 13.2. The van der Waals surface area contributed by atoms with E-state index in [1.165, 1.54) is 6.92 Å². The Morgan fingerprint density at radius 2 is 1.74 bits per heavy atom. The molecule has 1 fully saturated rings. The van der Waals surface area contributed by atoms with E-state index in [2.05, 4.69) is 16.0 Å². The summed E-state index contributed by atoms with van der Waals surface area (Å²) in [7, 11) is 0. The maximum atomic E-state index is 11.9. The van der Waals surface area contributed by atoms with Crippen LogP contribution in [0.15, 0.2) is 24.3 Å². The molecule has 3 N–H and O–H groups in total. The van der Waals surface area contributed by atoms with Gasteiger partial charge in [0.05, 0.1) is 0 Å². The molecule has 0 aromatic heterocycles. The van der Waals surface area contributed by atoms with Crippen molar-refractivity contribution in [1.29, 1.82) is 0 Å². The Labute approximate surface area is 134 Å². The molecular formula is C16H21N3O4. The highest BCUT2D eigenvalue weighted by Gasteiger charge is 2.23. The zero-order chi connectivity index (χ0) is 16.8. The number of benzene rings is 1. The summed E-state index contributed by atoms with van der Waals surface area (Å²) in [5, 5.41) is 7.98. The fourth-order valence-electron chi connectivity index (χ4n) is 2.27. The van der Waals surface area contributed by atoms with Crippen molar-refractivity contribution in [2.24, 2.45) is 0 Å². The van der Waals surface area contributed by atoms with Crippen molar-refractivity contribution in [3.63, 3.8) is 0 Å². The van der Waals surface area contributed by atoms with Gasteiger partial charge in [-0.15, -0.1) is 0 Å². The topological polar surface area (TPSA) is 96.5 Å². The van der Waals surface area contributed by atoms with Crippen LogP contribution < -0.4 is 16.0 Å². The third-order valence-corrected chi connectivity index (χ3v) is 3.46. The SMILES string of the molecule is CC(=O)N[C@H](C)C(=O)Nc1ccc(NC(=O)[C@@H]2CCCO2)cc1. The molecule has 7 nitrogen and oxygen atoms in total. The molecule has 0 radical (unpaired) electrons. The molecule has 23 heavy (non-hydrogen) atoms. The zero-order valence-electron chi connectivity index (χ0n) is 13.2. The number of rotatable bonds is 5. The second-order valence-corrected chi connectivity index (χ2v) is 5.48. The molecule has 3 amide bonds. The van der Waals surface area contributed by atoms with Crippen LogP contribution in [0.3, 0.4) is 0 Å². The first-order valence-corrected chi connectivity index (χ1v) is 7.56. The minimum absolute atomic E-state index is 0.154. The molecule has 124 valence electrons. The van der Waals surface area contributed by atoms with Crippen LogP contribution in [-0.2, 0) is 19.1 Å². The molecule has 1 aromatic rings. The number of hydrogen-bond acceptors (Lipinski definition) is 4. The first-order valence-electron chi connectivity index (χ1n) is 7.56. The molecule has 1 aliphatic rings. The van der Waals surface area contributed by atoms with Gasteiger partial charge in [0, 0.05) is 24.9 Å². The molecule has 2 atom stereocenters. The van der Waals surface area contributed by atoms with E-state index in [4.69, 9.17) is 4.74 Å². The average molecular weight is 319 g/mol. The number of amides is 3. The predicted molar refractivity (Wildman–Crippen MR) is 86.0 cm³/mol. The van der Waals surface area contributed by atoms with Crippen LogP contribution in [0.25, 0.3) is 0 Å². The van der Waals surface area contributed by atoms with Gasteiger partial charge in [0.15, 0.2) is 0 Å². The standard InChI is InChI=1S/C16H21N3O4/c1-10(17-11(2)20)15(21)18-12-5-7-13(8-6-12)19-16(22)14-4-3-9-23-14/h5-8,10,14H,3-4,9H2,1-2H3,(H,17,20)(H,18,21)(H,19,22)/t10-,14+/m1/s1. The van der Waals surface area contributed by atoms with Crippen molar-refractivity contribution in [2.75, 3.05) is 17.2 Å². The molecule has 0 spiro atoms. The lowest BCUT2D eigenvalue weighted by molar-refractivity contribution is -0.124. The van der Waals surface area contributed by atoms with Crippen molar-refractivity contribution in [3.05, 3.63) is 24.3 Å². The highest BCUT2D eigenvalue weighted by molar-refractivity contribution is 5.97. The fraction of sp³-hybridized carbons (Fsp3) is 0.438. The molecule has 0 unspecified atom stereocenters. The molecule has 2 rings (SSSR count). The molecule has 1 saturated heterocycles. The van der Waals surface area contributed by atoms with Crippen molar-refractivity contribution in [1.82, 2.24) is 5.32 Å². The Hall–Kier alpha value is -2.41. The summed E-state index contributed by atoms with van der Waals surface area (Å²) in [5.74, 6) is -0.727. The molecular weight excluding hydrogens is 298 g/mol. The maximum absolute atomic E-state index is 11.9. The van der Waals surface area contributed by atoms with Gasteiger partial charge in [-0.05, 0) is 44.0 Å². The summed E-state index contributed by atoms with van der Waals surface area (Å²) in [5.41, 5.74) is 1.22. The maximum Gasteiger partial charge on any atom is 0.253 e. The van der Waals surface area contributed by atoms with Crippen LogP contribution >= 0.6 is 0 Å². The first-order chi connectivity index (χ1) is 11.0. The van der Waals surface area contributed by atoms with Crippen molar-refractivity contribution in [3.8, 4) is 0 Å². The third-order valence-electron chi connectivity index (χ3n) is 3.46. The summed E-state index contributed by atoms with van der Waals surface area (Å²) in [6.45, 7) is 3.58. The molecule has 1 aliphatic heterocycles. The van der Waals surface area contributed by atoms with E-state index in [0.29, 0.717) is 18.0 Å². The number of carbonyl (C=O) groups excluding carboxylic acids is 3. The van der Waals surface area contributed by atoms with Crippen LogP contribution in [0, 0.1) is 0 Å². The monoisotopic (exact) mass is 319 g/mol. The Balaban J connectivity index is 1.87. The van der Waals surface area contributed by atoms with Crippen LogP contribution in [0.2, 0.25) is 0 Å². The minimum atomic E-state index is -0.619. The van der Waals surface area contributed by atoms with Crippen LogP contribution in [0.4, 0.5) is 11.4 Å². The summed E-state index contributed by atoms with van der Waals surface area (Å²) in [6.07, 6.45) is 1.25. The molecule has 0 saturated carbocycles. The van der Waals surface area contributed by atoms with Crippen LogP contribution in [-0.4, -0.2) is 36.5 Å². The largest absolute Gasteiger partial charge is 0.368 e. The summed E-state index contributed by atoms with van der Waals surface area (Å²) < 4.78 is 5.32. The van der Waals surface area contributed by atoms with E-state index in [1.54, 1.807) is 31.2 Å². The minimum Gasteiger partial charge on any atom is -0.368 e. The van der Waals surface area contributed by atoms with Crippen molar-refractivity contribution < 1.29 is 19.1 Å². The Morgan fingerprint density at radius 1 is 1.13 bits per heavy atom. The average Bonchev–Trinajstić information content (AvgIpc) is 3.03. The van der Waals surface area contributed by atoms with Gasteiger partial charge in [-0.2, -0.15) is 0 Å². The quantitative estimate of drug-likeness (QED) is 0.761. The van der Waals surface area contributed by atoms with Crippen LogP contribution in [0.5, 0.6) is 0 Å². The van der Waals surface area contributed by atoms with Gasteiger partial charge in [-0.25, -0.2) is 0 Å². The normalized spacial score (nSPS) is 18.1. The number of carbonyl (C=O) groups is 3. The van der Waals surface area contributed by atoms with Crippen molar-refractivity contribution >= 4 is 29.1 Å². The van der Waals surface area contributed by atoms with Gasteiger partial charge in [-0.3, -0.25) is 14.4 Å². The summed E-state index contributed by atoms with van der Waals surface area (Å²) in [4.78, 5) is 34.7. The van der Waals surface area contributed by atoms with Gasteiger partial charge >= 0.3 is 0 Å². The third kappa shape index (κ3) is 5.07. The van der Waals surface area contributed by atoms with Crippen LogP contribution in [0.1, 0.15) is 26.7 Å². The predicted octanol–water partition coefficient (Wildman–Crippen LogP) is 1.27. The Kier molecular flexibility index (Phi) is 5.70. The van der Waals surface area contributed by atoms with E-state index in [1.807, 2.05) is 0 Å². The number of ether oxygens (including phenoxy) is 1. The first kappa shape index (κ1) is 17.0. The second kappa shape index (κ2) is 7.73. The van der Waals surface area contributed by atoms with Gasteiger partial charge in [0.2, 0.25) is 11.8 Å². The van der Waals surface area contributed by atoms with Crippen molar-refractivity contribution in [2.45, 2.75) is 38.8 Å². The molecule has 0 bridgehead atoms. The van der Waals surface area contributed by atoms with Gasteiger partial charge in [0.1, 0.15) is 12.1 Å². The lowest BCUT2D eigenvalue weighted by Crippen LogP contribution is -2.40. The lowest BCUT2D eigenvalue weighted by Gasteiger charge is -2.14. The highest BCUT2D eigenvalue weighted by Crippen LogP contribution is 2.17. The van der Waals surface area contributed by atoms with E-state index < -0.39 is 6.04 Å². The highest BCUT2D eigenvalue weighted by atomic mass is 16.5. The Bertz CT molecular complexity index is 579. The number of hydrogen-bond donors (Lipinski definition) is 3. The summed E-state index contributed by atoms with van der Waals surface area (Å²) in [6, 6.07) is 6.15. The lowest BCUT2D eigenvalue weighted by atomic mass is 10.2. The van der Waals surface area contributed by atoms with E-state index >= 15 is 0 Å². The van der Waals surface area contributed by atoms with E-state index in [0.717, 1.165) is 12.8 Å². The fourth-order valence-corrected chi connectivity index (χ4v) is 2.27. The molecule has 7 heteroatoms. The van der Waals surface area contributed by atoms with E-state index in [-0.39, 0.29) is 23.8 Å². The Morgan fingerprint density at radius 3 is 2.26 bits per heavy atom. The van der Waals surface area contributed by atoms with Gasteiger partial charge < -0.3 is 20.7 Å². The summed E-state index contributed by atoms with van der Waals surface area (Å²) >= 11 is 0. The smallest absolute Gasteiger partial charge is 0.253 e. The molecule has 0 aliphatic carbocycles. The molecule has 1 heterocycles. The van der Waals surface area contributed by atoms with E-state index in [9.17, 15) is 14.4 Å². The number of nitrogens with one attached hydrogen (secondary N) is 3. The van der Waals surface area contributed by atoms with Gasteiger partial charge in [0.25, 0.3) is 5.91 Å². The van der Waals surface area contributed by atoms with Gasteiger partial charge in [-0.1, -0.05) is 0 Å².